The zero-order chi connectivity index (χ0) is 26.5. The van der Waals surface area contributed by atoms with E-state index in [1.165, 1.54) is 12.1 Å². The number of rotatable bonds is 6. The summed E-state index contributed by atoms with van der Waals surface area (Å²) < 4.78 is 32.9. The van der Waals surface area contributed by atoms with Crippen LogP contribution in [0, 0.1) is 11.7 Å². The molecule has 0 bridgehead atoms. The fourth-order valence-corrected chi connectivity index (χ4v) is 5.50. The van der Waals surface area contributed by atoms with Crippen LogP contribution < -0.4 is 10.5 Å². The van der Waals surface area contributed by atoms with Gasteiger partial charge < -0.3 is 13.9 Å². The van der Waals surface area contributed by atoms with Crippen molar-refractivity contribution >= 4 is 16.8 Å². The molecule has 39 heavy (non-hydrogen) atoms. The summed E-state index contributed by atoms with van der Waals surface area (Å²) >= 11 is 0. The van der Waals surface area contributed by atoms with Crippen molar-refractivity contribution in [2.75, 3.05) is 7.11 Å². The first-order valence-electron chi connectivity index (χ1n) is 12.9. The first kappa shape index (κ1) is 23.6. The summed E-state index contributed by atoms with van der Waals surface area (Å²) in [6.45, 7) is 0.688. The fourth-order valence-electron chi connectivity index (χ4n) is 5.50. The van der Waals surface area contributed by atoms with Gasteiger partial charge in [0.05, 0.1) is 18.0 Å². The van der Waals surface area contributed by atoms with Crippen LogP contribution in [0.4, 0.5) is 4.39 Å². The normalized spacial score (nSPS) is 15.9. The minimum Gasteiger partial charge on any atom is -0.488 e. The Balaban J connectivity index is 1.39. The lowest BCUT2D eigenvalue weighted by molar-refractivity contribution is 0.181. The van der Waals surface area contributed by atoms with Gasteiger partial charge in [0.1, 0.15) is 23.8 Å². The minimum absolute atomic E-state index is 0.207. The van der Waals surface area contributed by atoms with Crippen LogP contribution in [0.1, 0.15) is 52.3 Å². The average molecular weight is 525 g/mol. The molecule has 9 heteroatoms. The van der Waals surface area contributed by atoms with Crippen LogP contribution in [0.5, 0.6) is 5.75 Å². The van der Waals surface area contributed by atoms with Gasteiger partial charge in [-0.25, -0.2) is 14.2 Å². The van der Waals surface area contributed by atoms with Crippen molar-refractivity contribution in [3.05, 3.63) is 117 Å². The number of aromatic nitrogens is 4. The summed E-state index contributed by atoms with van der Waals surface area (Å²) in [5.74, 6) is 0.0823. The molecular formula is C30H25FN4O4. The van der Waals surface area contributed by atoms with E-state index in [0.717, 1.165) is 63.3 Å². The molecule has 0 saturated heterocycles. The molecule has 0 spiro atoms. The number of ether oxygens (including phenoxy) is 2. The number of methoxy groups -OCH3 is 1. The maximum absolute atomic E-state index is 14.3. The fraction of sp³-hybridized carbons (Fsp3) is 0.233. The smallest absolute Gasteiger partial charge is 0.439 e. The molecular weight excluding hydrogens is 499 g/mol. The third kappa shape index (κ3) is 4.24. The topological polar surface area (TPSA) is 94.7 Å². The Hall–Kier alpha value is -4.50. The van der Waals surface area contributed by atoms with Gasteiger partial charge in [0.25, 0.3) is 0 Å². The van der Waals surface area contributed by atoms with E-state index in [-0.39, 0.29) is 18.3 Å². The Bertz CT molecular complexity index is 1810. The number of benzene rings is 2. The maximum atomic E-state index is 14.3. The molecule has 0 radical (unpaired) electrons. The highest BCUT2D eigenvalue weighted by molar-refractivity contribution is 6.01. The lowest BCUT2D eigenvalue weighted by Gasteiger charge is -2.16. The highest BCUT2D eigenvalue weighted by atomic mass is 19.1. The number of aromatic amines is 1. The van der Waals surface area contributed by atoms with Crippen LogP contribution in [-0.2, 0) is 24.4 Å². The number of hydrogen-bond acceptors (Lipinski definition) is 6. The standard InChI is InChI=1S/C30H25FN4O4/c1-37-16-23-24(35-11-3-2-4-26(35)32-23)13-17-5-9-21-19(12-17)15-38-25-14-20(31)8-10-22(25)28(21)27(18-6-7-18)29-33-30(36)39-34-29/h2-5,8-12,14,18H,6-7,13,15-16H2,1H3,(H,33,34,36)/b28-27+. The van der Waals surface area contributed by atoms with Crippen molar-refractivity contribution in [2.45, 2.75) is 32.5 Å². The molecule has 0 unspecified atom stereocenters. The van der Waals surface area contributed by atoms with Crippen molar-refractivity contribution in [3.8, 4) is 5.75 Å². The van der Waals surface area contributed by atoms with Crippen molar-refractivity contribution in [1.82, 2.24) is 19.5 Å². The summed E-state index contributed by atoms with van der Waals surface area (Å²) in [4.78, 5) is 19.4. The lowest BCUT2D eigenvalue weighted by atomic mass is 9.87. The van der Waals surface area contributed by atoms with Gasteiger partial charge in [-0.3, -0.25) is 9.51 Å². The van der Waals surface area contributed by atoms with Crippen LogP contribution in [0.15, 0.2) is 70.1 Å². The highest BCUT2D eigenvalue weighted by Gasteiger charge is 2.35. The monoisotopic (exact) mass is 524 g/mol. The van der Waals surface area contributed by atoms with Gasteiger partial charge >= 0.3 is 5.76 Å². The minimum atomic E-state index is -0.608. The van der Waals surface area contributed by atoms with Gasteiger partial charge in [-0.05, 0) is 59.7 Å². The number of H-pyrrole nitrogens is 1. The van der Waals surface area contributed by atoms with E-state index in [2.05, 4.69) is 32.7 Å². The second-order valence-electron chi connectivity index (χ2n) is 9.97. The predicted octanol–water partition coefficient (Wildman–Crippen LogP) is 5.15. The number of hydrogen-bond donors (Lipinski definition) is 1. The number of allylic oxidation sites excluding steroid dienone is 1. The van der Waals surface area contributed by atoms with Crippen LogP contribution in [0.2, 0.25) is 0 Å². The van der Waals surface area contributed by atoms with E-state index in [1.807, 2.05) is 24.4 Å². The summed E-state index contributed by atoms with van der Waals surface area (Å²) in [6, 6.07) is 16.8. The molecule has 1 fully saturated rings. The summed E-state index contributed by atoms with van der Waals surface area (Å²) in [6.07, 6.45) is 4.59. The zero-order valence-electron chi connectivity index (χ0n) is 21.2. The van der Waals surface area contributed by atoms with Crippen LogP contribution in [-0.4, -0.2) is 26.6 Å². The Morgan fingerprint density at radius 1 is 1.15 bits per heavy atom. The predicted molar refractivity (Wildman–Crippen MR) is 142 cm³/mol. The van der Waals surface area contributed by atoms with Gasteiger partial charge in [0, 0.05) is 42.5 Å². The van der Waals surface area contributed by atoms with Gasteiger partial charge in [0.15, 0.2) is 5.82 Å². The molecule has 196 valence electrons. The summed E-state index contributed by atoms with van der Waals surface area (Å²) in [5.41, 5.74) is 8.36. The highest BCUT2D eigenvalue weighted by Crippen LogP contribution is 2.49. The molecule has 0 amide bonds. The Morgan fingerprint density at radius 3 is 2.82 bits per heavy atom. The second kappa shape index (κ2) is 9.36. The van der Waals surface area contributed by atoms with Gasteiger partial charge in [-0.2, -0.15) is 0 Å². The van der Waals surface area contributed by atoms with E-state index >= 15 is 0 Å². The Morgan fingerprint density at radius 2 is 2.03 bits per heavy atom. The quantitative estimate of drug-likeness (QED) is 0.330. The SMILES string of the molecule is COCc1nc2ccccn2c1Cc1ccc2c(c1)COc1cc(F)ccc1/C2=C(/c1noc(=O)[nH]1)C1CC1. The van der Waals surface area contributed by atoms with Crippen molar-refractivity contribution in [1.29, 1.82) is 0 Å². The van der Waals surface area contributed by atoms with Crippen LogP contribution in [0.25, 0.3) is 16.8 Å². The van der Waals surface area contributed by atoms with Crippen LogP contribution >= 0.6 is 0 Å². The number of pyridine rings is 1. The van der Waals surface area contributed by atoms with Crippen molar-refractivity contribution in [3.63, 3.8) is 0 Å². The van der Waals surface area contributed by atoms with E-state index in [0.29, 0.717) is 24.6 Å². The summed E-state index contributed by atoms with van der Waals surface area (Å²) in [5, 5.41) is 4.03. The van der Waals surface area contributed by atoms with Crippen molar-refractivity contribution < 1.29 is 18.4 Å². The lowest BCUT2D eigenvalue weighted by Crippen LogP contribution is -2.04. The van der Waals surface area contributed by atoms with E-state index < -0.39 is 5.76 Å². The molecule has 2 aromatic carbocycles. The molecule has 0 atom stereocenters. The van der Waals surface area contributed by atoms with Crippen LogP contribution in [0.3, 0.4) is 0 Å². The number of halogens is 1. The largest absolute Gasteiger partial charge is 0.488 e. The number of imidazole rings is 1. The first-order chi connectivity index (χ1) is 19.1. The van der Waals surface area contributed by atoms with Gasteiger partial charge in [-0.15, -0.1) is 0 Å². The molecule has 1 N–H and O–H groups in total. The molecule has 5 aromatic rings. The Kier molecular flexibility index (Phi) is 5.66. The second-order valence-corrected chi connectivity index (χ2v) is 9.97. The van der Waals surface area contributed by atoms with Gasteiger partial charge in [0.2, 0.25) is 0 Å². The molecule has 2 aliphatic rings. The molecule has 1 aliphatic carbocycles. The maximum Gasteiger partial charge on any atom is 0.439 e. The average Bonchev–Trinajstić information content (AvgIpc) is 3.63. The Labute approximate surface area is 222 Å². The zero-order valence-corrected chi connectivity index (χ0v) is 21.2. The van der Waals surface area contributed by atoms with E-state index in [4.69, 9.17) is 19.0 Å². The third-order valence-electron chi connectivity index (χ3n) is 7.35. The number of nitrogens with one attached hydrogen (secondary N) is 1. The molecule has 8 nitrogen and oxygen atoms in total. The molecule has 1 saturated carbocycles. The molecule has 1 aliphatic heterocycles. The first-order valence-corrected chi connectivity index (χ1v) is 12.9. The molecule has 7 rings (SSSR count). The van der Waals surface area contributed by atoms with Crippen molar-refractivity contribution in [2.24, 2.45) is 5.92 Å². The van der Waals surface area contributed by atoms with E-state index in [1.54, 1.807) is 13.2 Å². The third-order valence-corrected chi connectivity index (χ3v) is 7.35. The van der Waals surface area contributed by atoms with Gasteiger partial charge in [-0.1, -0.05) is 29.4 Å². The summed E-state index contributed by atoms with van der Waals surface area (Å²) in [7, 11) is 1.67. The number of nitrogens with zero attached hydrogens (tertiary/aromatic N) is 3. The van der Waals surface area contributed by atoms with E-state index in [9.17, 15) is 9.18 Å². The number of fused-ring (bicyclic) bond motifs is 3. The molecule has 3 aromatic heterocycles. The molecule has 4 heterocycles.